The van der Waals surface area contributed by atoms with Gasteiger partial charge in [-0.25, -0.2) is 4.79 Å². The van der Waals surface area contributed by atoms with Crippen LogP contribution in [0.1, 0.15) is 18.4 Å². The summed E-state index contributed by atoms with van der Waals surface area (Å²) < 4.78 is 5.24. The normalized spacial score (nSPS) is 21.5. The Morgan fingerprint density at radius 1 is 1.25 bits per heavy atom. The third-order valence-electron chi connectivity index (χ3n) is 4.36. The molecule has 24 heavy (non-hydrogen) atoms. The van der Waals surface area contributed by atoms with Gasteiger partial charge in [0.15, 0.2) is 0 Å². The number of piperidine rings is 1. The molecular formula is C17H23N3O3S. The lowest BCUT2D eigenvalue weighted by Crippen LogP contribution is -2.51. The molecule has 0 spiro atoms. The van der Waals surface area contributed by atoms with Crippen molar-refractivity contribution in [1.29, 1.82) is 0 Å². The summed E-state index contributed by atoms with van der Waals surface area (Å²) in [5.74, 6) is 1.88. The monoisotopic (exact) mass is 349 g/mol. The van der Waals surface area contributed by atoms with Crippen LogP contribution in [0.25, 0.3) is 0 Å². The first kappa shape index (κ1) is 17.1. The van der Waals surface area contributed by atoms with E-state index in [2.05, 4.69) is 10.6 Å². The number of ether oxygens (including phenoxy) is 1. The third kappa shape index (κ3) is 4.64. The highest BCUT2D eigenvalue weighted by Crippen LogP contribution is 2.16. The molecule has 1 atom stereocenters. The van der Waals surface area contributed by atoms with Crippen molar-refractivity contribution in [3.05, 3.63) is 35.9 Å². The lowest BCUT2D eigenvalue weighted by Gasteiger charge is -2.33. The van der Waals surface area contributed by atoms with E-state index in [1.165, 1.54) is 0 Å². The zero-order valence-corrected chi connectivity index (χ0v) is 14.4. The third-order valence-corrected chi connectivity index (χ3v) is 5.30. The topological polar surface area (TPSA) is 70.7 Å². The Morgan fingerprint density at radius 2 is 2.00 bits per heavy atom. The van der Waals surface area contributed by atoms with E-state index >= 15 is 0 Å². The van der Waals surface area contributed by atoms with Crippen LogP contribution in [0.2, 0.25) is 0 Å². The fourth-order valence-corrected chi connectivity index (χ4v) is 3.88. The number of rotatable bonds is 4. The molecule has 2 aliphatic heterocycles. The minimum absolute atomic E-state index is 0.0460. The van der Waals surface area contributed by atoms with Crippen LogP contribution in [-0.4, -0.2) is 53.7 Å². The van der Waals surface area contributed by atoms with E-state index in [-0.39, 0.29) is 24.6 Å². The van der Waals surface area contributed by atoms with E-state index in [0.717, 1.165) is 30.0 Å². The second kappa shape index (κ2) is 8.39. The molecule has 0 aliphatic carbocycles. The molecule has 0 radical (unpaired) electrons. The summed E-state index contributed by atoms with van der Waals surface area (Å²) in [5, 5.41) is 6.11. The molecule has 1 unspecified atom stereocenters. The van der Waals surface area contributed by atoms with E-state index in [9.17, 15) is 9.59 Å². The second-order valence-electron chi connectivity index (χ2n) is 6.08. The highest BCUT2D eigenvalue weighted by molar-refractivity contribution is 7.99. The van der Waals surface area contributed by atoms with Crippen LogP contribution in [0.5, 0.6) is 0 Å². The largest absolute Gasteiger partial charge is 0.445 e. The van der Waals surface area contributed by atoms with Crippen molar-refractivity contribution >= 4 is 23.8 Å². The van der Waals surface area contributed by atoms with Crippen molar-refractivity contribution in [3.8, 4) is 0 Å². The SMILES string of the molecule is O=C(NC1CCN(C(=O)C2CSCN2)CC1)OCc1ccccc1. The summed E-state index contributed by atoms with van der Waals surface area (Å²) in [6.07, 6.45) is 1.15. The average molecular weight is 349 g/mol. The van der Waals surface area contributed by atoms with Gasteiger partial charge in [0.05, 0.1) is 6.04 Å². The van der Waals surface area contributed by atoms with Gasteiger partial charge in [-0.1, -0.05) is 30.3 Å². The van der Waals surface area contributed by atoms with Crippen molar-refractivity contribution < 1.29 is 14.3 Å². The van der Waals surface area contributed by atoms with E-state index in [1.54, 1.807) is 11.8 Å². The molecule has 7 heteroatoms. The lowest BCUT2D eigenvalue weighted by molar-refractivity contribution is -0.133. The summed E-state index contributed by atoms with van der Waals surface area (Å²) in [7, 11) is 0. The summed E-state index contributed by atoms with van der Waals surface area (Å²) >= 11 is 1.75. The number of likely N-dealkylation sites (tertiary alicyclic amines) is 1. The zero-order valence-electron chi connectivity index (χ0n) is 13.6. The van der Waals surface area contributed by atoms with Crippen LogP contribution in [0.15, 0.2) is 30.3 Å². The second-order valence-corrected chi connectivity index (χ2v) is 7.11. The molecule has 6 nitrogen and oxygen atoms in total. The Hall–Kier alpha value is -1.73. The highest BCUT2D eigenvalue weighted by atomic mass is 32.2. The number of carbonyl (C=O) groups is 2. The van der Waals surface area contributed by atoms with Crippen LogP contribution in [0.3, 0.4) is 0 Å². The summed E-state index contributed by atoms with van der Waals surface area (Å²) in [6.45, 7) is 1.64. The Bertz CT molecular complexity index is 555. The number of thioether (sulfide) groups is 1. The maximum atomic E-state index is 12.3. The van der Waals surface area contributed by atoms with Crippen LogP contribution in [0, 0.1) is 0 Å². The molecule has 3 rings (SSSR count). The molecule has 2 fully saturated rings. The van der Waals surface area contributed by atoms with Gasteiger partial charge in [-0.2, -0.15) is 0 Å². The number of alkyl carbamates (subject to hydrolysis) is 1. The van der Waals surface area contributed by atoms with Crippen molar-refractivity contribution in [3.63, 3.8) is 0 Å². The predicted molar refractivity (Wildman–Crippen MR) is 93.6 cm³/mol. The van der Waals surface area contributed by atoms with E-state index in [4.69, 9.17) is 4.74 Å². The maximum absolute atomic E-state index is 12.3. The van der Waals surface area contributed by atoms with Crippen LogP contribution >= 0.6 is 11.8 Å². The molecule has 2 amide bonds. The number of hydrogen-bond donors (Lipinski definition) is 2. The molecule has 1 aromatic rings. The molecule has 2 heterocycles. The van der Waals surface area contributed by atoms with E-state index in [1.807, 2.05) is 35.2 Å². The van der Waals surface area contributed by atoms with Crippen LogP contribution < -0.4 is 10.6 Å². The fraction of sp³-hybridized carbons (Fsp3) is 0.529. The maximum Gasteiger partial charge on any atom is 0.407 e. The van der Waals surface area contributed by atoms with Crippen molar-refractivity contribution in [1.82, 2.24) is 15.5 Å². The Kier molecular flexibility index (Phi) is 5.98. The first-order valence-electron chi connectivity index (χ1n) is 8.29. The minimum Gasteiger partial charge on any atom is -0.445 e. The van der Waals surface area contributed by atoms with Crippen molar-refractivity contribution in [2.24, 2.45) is 0 Å². The summed E-state index contributed by atoms with van der Waals surface area (Å²) in [5.41, 5.74) is 0.968. The molecule has 1 aromatic carbocycles. The number of benzene rings is 1. The molecular weight excluding hydrogens is 326 g/mol. The number of amides is 2. The molecule has 130 valence electrons. The molecule has 2 saturated heterocycles. The fourth-order valence-electron chi connectivity index (χ4n) is 2.95. The van der Waals surface area contributed by atoms with E-state index in [0.29, 0.717) is 13.1 Å². The minimum atomic E-state index is -0.391. The highest BCUT2D eigenvalue weighted by Gasteiger charge is 2.30. The van der Waals surface area contributed by atoms with Crippen molar-refractivity contribution in [2.75, 3.05) is 24.7 Å². The molecule has 0 saturated carbocycles. The molecule has 2 aliphatic rings. The van der Waals surface area contributed by atoms with Gasteiger partial charge in [0, 0.05) is 30.8 Å². The predicted octanol–water partition coefficient (Wildman–Crippen LogP) is 1.57. The standard InChI is InChI=1S/C17H23N3O3S/c21-16(15-11-24-12-18-15)20-8-6-14(7-9-20)19-17(22)23-10-13-4-2-1-3-5-13/h1-5,14-15,18H,6-12H2,(H,19,22). The average Bonchev–Trinajstić information content (AvgIpc) is 3.16. The first-order chi connectivity index (χ1) is 11.7. The van der Waals surface area contributed by atoms with Gasteiger partial charge in [0.2, 0.25) is 5.91 Å². The smallest absolute Gasteiger partial charge is 0.407 e. The van der Waals surface area contributed by atoms with Crippen LogP contribution in [0.4, 0.5) is 4.79 Å². The first-order valence-corrected chi connectivity index (χ1v) is 9.45. The number of nitrogens with one attached hydrogen (secondary N) is 2. The number of carbonyl (C=O) groups excluding carboxylic acids is 2. The van der Waals surface area contributed by atoms with Gasteiger partial charge in [0.1, 0.15) is 6.61 Å². The Balaban J connectivity index is 1.37. The van der Waals surface area contributed by atoms with Crippen molar-refractivity contribution in [2.45, 2.75) is 31.5 Å². The lowest BCUT2D eigenvalue weighted by atomic mass is 10.0. The van der Waals surface area contributed by atoms with E-state index < -0.39 is 6.09 Å². The molecule has 0 aromatic heterocycles. The Labute approximate surface area is 146 Å². The van der Waals surface area contributed by atoms with Gasteiger partial charge < -0.3 is 15.0 Å². The van der Waals surface area contributed by atoms with Gasteiger partial charge >= 0.3 is 6.09 Å². The molecule has 0 bridgehead atoms. The Morgan fingerprint density at radius 3 is 2.67 bits per heavy atom. The zero-order chi connectivity index (χ0) is 16.8. The van der Waals surface area contributed by atoms with Crippen LogP contribution in [-0.2, 0) is 16.1 Å². The quantitative estimate of drug-likeness (QED) is 0.863. The number of nitrogens with zero attached hydrogens (tertiary/aromatic N) is 1. The van der Waals surface area contributed by atoms with Gasteiger partial charge in [0.25, 0.3) is 0 Å². The van der Waals surface area contributed by atoms with Gasteiger partial charge in [-0.05, 0) is 18.4 Å². The van der Waals surface area contributed by atoms with Gasteiger partial charge in [-0.3, -0.25) is 10.1 Å². The molecule has 2 N–H and O–H groups in total. The summed E-state index contributed by atoms with van der Waals surface area (Å²) in [6, 6.07) is 9.64. The summed E-state index contributed by atoms with van der Waals surface area (Å²) in [4.78, 5) is 26.1. The van der Waals surface area contributed by atoms with Gasteiger partial charge in [-0.15, -0.1) is 11.8 Å². The number of hydrogen-bond acceptors (Lipinski definition) is 5.